The number of anilines is 1. The Morgan fingerprint density at radius 1 is 1.12 bits per heavy atom. The molecule has 0 fully saturated rings. The van der Waals surface area contributed by atoms with Gasteiger partial charge in [-0.1, -0.05) is 11.6 Å². The zero-order valence-corrected chi connectivity index (χ0v) is 16.0. The summed E-state index contributed by atoms with van der Waals surface area (Å²) in [5.74, 6) is -0.0564. The maximum atomic E-state index is 12.4. The second-order valence-electron chi connectivity index (χ2n) is 5.35. The number of aryl methyl sites for hydroxylation is 1. The van der Waals surface area contributed by atoms with Gasteiger partial charge in [-0.15, -0.1) is 22.7 Å². The minimum atomic E-state index is -0.461. The van der Waals surface area contributed by atoms with Crippen molar-refractivity contribution in [1.82, 2.24) is 4.98 Å². The van der Waals surface area contributed by atoms with E-state index in [4.69, 9.17) is 4.74 Å². The van der Waals surface area contributed by atoms with Gasteiger partial charge in [0.05, 0.1) is 24.8 Å². The smallest absolute Gasteiger partial charge is 0.348 e. The topological polar surface area (TPSA) is 77.5 Å². The van der Waals surface area contributed by atoms with E-state index in [0.29, 0.717) is 14.9 Å². The number of amides is 1. The lowest BCUT2D eigenvalue weighted by atomic mass is 10.1. The zero-order chi connectivity index (χ0) is 18.7. The van der Waals surface area contributed by atoms with E-state index in [-0.39, 0.29) is 5.91 Å². The molecule has 26 heavy (non-hydrogen) atoms. The number of aromatic nitrogens is 1. The molecule has 8 heteroatoms. The van der Waals surface area contributed by atoms with Gasteiger partial charge in [0.15, 0.2) is 5.13 Å². The molecule has 0 saturated carbocycles. The molecule has 0 aliphatic heterocycles. The summed E-state index contributed by atoms with van der Waals surface area (Å²) in [5.41, 5.74) is 2.69. The van der Waals surface area contributed by atoms with Crippen molar-refractivity contribution >= 4 is 39.7 Å². The van der Waals surface area contributed by atoms with Crippen molar-refractivity contribution in [2.45, 2.75) is 6.92 Å². The Hall–Kier alpha value is -2.71. The molecular formula is C18H16N2O4S2. The average molecular weight is 388 g/mol. The fourth-order valence-corrected chi connectivity index (χ4v) is 3.83. The summed E-state index contributed by atoms with van der Waals surface area (Å²) in [6, 6.07) is 9.00. The standard InChI is InChI=1S/C18H16N2O4S2/c1-10-4-5-13(23-2)11(8-10)12-9-25-18(19-12)20-16(21)14-6-7-15(26-14)17(22)24-3/h4-9H,1-3H3,(H,19,20,21). The maximum Gasteiger partial charge on any atom is 0.348 e. The van der Waals surface area contributed by atoms with E-state index in [1.165, 1.54) is 18.4 Å². The van der Waals surface area contributed by atoms with E-state index in [1.54, 1.807) is 19.2 Å². The van der Waals surface area contributed by atoms with Crippen molar-refractivity contribution in [1.29, 1.82) is 0 Å². The Kier molecular flexibility index (Phi) is 5.34. The van der Waals surface area contributed by atoms with Gasteiger partial charge in [-0.25, -0.2) is 9.78 Å². The number of carbonyl (C=O) groups excluding carboxylic acids is 2. The number of thiazole rings is 1. The molecule has 0 aliphatic carbocycles. The fraction of sp³-hybridized carbons (Fsp3) is 0.167. The largest absolute Gasteiger partial charge is 0.496 e. The molecule has 0 spiro atoms. The van der Waals surface area contributed by atoms with Crippen LogP contribution in [0.1, 0.15) is 24.9 Å². The van der Waals surface area contributed by atoms with Crippen LogP contribution in [-0.4, -0.2) is 31.1 Å². The monoisotopic (exact) mass is 388 g/mol. The summed E-state index contributed by atoms with van der Waals surface area (Å²) in [7, 11) is 2.91. The van der Waals surface area contributed by atoms with E-state index >= 15 is 0 Å². The molecule has 0 radical (unpaired) electrons. The molecule has 6 nitrogen and oxygen atoms in total. The van der Waals surface area contributed by atoms with Gasteiger partial charge in [-0.05, 0) is 31.2 Å². The van der Waals surface area contributed by atoms with Crippen LogP contribution in [-0.2, 0) is 4.74 Å². The second-order valence-corrected chi connectivity index (χ2v) is 7.29. The molecule has 3 rings (SSSR count). The molecule has 0 saturated heterocycles. The molecule has 134 valence electrons. The number of carbonyl (C=O) groups is 2. The van der Waals surface area contributed by atoms with E-state index in [0.717, 1.165) is 33.9 Å². The normalized spacial score (nSPS) is 10.4. The number of nitrogens with one attached hydrogen (secondary N) is 1. The first-order valence-corrected chi connectivity index (χ1v) is 9.31. The fourth-order valence-electron chi connectivity index (χ4n) is 2.31. The van der Waals surface area contributed by atoms with Crippen LogP contribution in [0.5, 0.6) is 5.75 Å². The molecule has 1 N–H and O–H groups in total. The lowest BCUT2D eigenvalue weighted by molar-refractivity contribution is 0.0606. The van der Waals surface area contributed by atoms with E-state index in [1.807, 2.05) is 30.5 Å². The zero-order valence-electron chi connectivity index (χ0n) is 14.4. The minimum Gasteiger partial charge on any atom is -0.496 e. The van der Waals surface area contributed by atoms with Crippen LogP contribution in [0.3, 0.4) is 0 Å². The summed E-state index contributed by atoms with van der Waals surface area (Å²) in [6.07, 6.45) is 0. The van der Waals surface area contributed by atoms with Crippen molar-refractivity contribution in [3.8, 4) is 17.0 Å². The third-order valence-electron chi connectivity index (χ3n) is 3.57. The van der Waals surface area contributed by atoms with Crippen molar-refractivity contribution in [2.75, 3.05) is 19.5 Å². The third kappa shape index (κ3) is 3.76. The number of nitrogens with zero attached hydrogens (tertiary/aromatic N) is 1. The number of methoxy groups -OCH3 is 2. The molecule has 3 aromatic rings. The number of rotatable bonds is 5. The van der Waals surface area contributed by atoms with Gasteiger partial charge < -0.3 is 9.47 Å². The molecule has 0 unspecified atom stereocenters. The van der Waals surface area contributed by atoms with E-state index in [2.05, 4.69) is 15.0 Å². The summed E-state index contributed by atoms with van der Waals surface area (Å²) < 4.78 is 10.0. The van der Waals surface area contributed by atoms with Crippen LogP contribution in [0.15, 0.2) is 35.7 Å². The minimum absolute atomic E-state index is 0.317. The quantitative estimate of drug-likeness (QED) is 0.662. The lowest BCUT2D eigenvalue weighted by Gasteiger charge is -2.07. The Bertz CT molecular complexity index is 962. The Balaban J connectivity index is 1.78. The molecule has 2 heterocycles. The lowest BCUT2D eigenvalue weighted by Crippen LogP contribution is -2.09. The first kappa shape index (κ1) is 18.1. The molecule has 2 aromatic heterocycles. The van der Waals surface area contributed by atoms with Crippen LogP contribution >= 0.6 is 22.7 Å². The van der Waals surface area contributed by atoms with E-state index < -0.39 is 5.97 Å². The van der Waals surface area contributed by atoms with Crippen molar-refractivity contribution < 1.29 is 19.1 Å². The van der Waals surface area contributed by atoms with Gasteiger partial charge in [-0.3, -0.25) is 10.1 Å². The van der Waals surface area contributed by atoms with Gasteiger partial charge in [0.2, 0.25) is 0 Å². The molecule has 1 amide bonds. The SMILES string of the molecule is COC(=O)c1ccc(C(=O)Nc2nc(-c3cc(C)ccc3OC)cs2)s1. The average Bonchev–Trinajstić information content (AvgIpc) is 3.30. The van der Waals surface area contributed by atoms with Gasteiger partial charge >= 0.3 is 5.97 Å². The number of benzene rings is 1. The number of ether oxygens (including phenoxy) is 2. The van der Waals surface area contributed by atoms with Crippen LogP contribution in [0.2, 0.25) is 0 Å². The van der Waals surface area contributed by atoms with Gasteiger partial charge in [-0.2, -0.15) is 0 Å². The van der Waals surface area contributed by atoms with Crippen molar-refractivity contribution in [2.24, 2.45) is 0 Å². The summed E-state index contributed by atoms with van der Waals surface area (Å²) in [4.78, 5) is 29.1. The highest BCUT2D eigenvalue weighted by Crippen LogP contribution is 2.33. The number of hydrogen-bond donors (Lipinski definition) is 1. The van der Waals surface area contributed by atoms with Crippen LogP contribution in [0.25, 0.3) is 11.3 Å². The van der Waals surface area contributed by atoms with Gasteiger partial charge in [0.1, 0.15) is 10.6 Å². The summed E-state index contributed by atoms with van der Waals surface area (Å²) in [5, 5.41) is 5.09. The number of esters is 1. The Morgan fingerprint density at radius 2 is 1.88 bits per heavy atom. The molecule has 0 aliphatic rings. The summed E-state index contributed by atoms with van der Waals surface area (Å²) in [6.45, 7) is 1.99. The molecule has 1 aromatic carbocycles. The van der Waals surface area contributed by atoms with Crippen LogP contribution in [0, 0.1) is 6.92 Å². The highest BCUT2D eigenvalue weighted by atomic mass is 32.1. The predicted molar refractivity (Wildman–Crippen MR) is 102 cm³/mol. The van der Waals surface area contributed by atoms with Gasteiger partial charge in [0, 0.05) is 10.9 Å². The van der Waals surface area contributed by atoms with Gasteiger partial charge in [0.25, 0.3) is 5.91 Å². The second kappa shape index (κ2) is 7.67. The molecule has 0 bridgehead atoms. The Morgan fingerprint density at radius 3 is 2.62 bits per heavy atom. The Labute approximate surface area is 158 Å². The number of thiophene rings is 1. The number of hydrogen-bond acceptors (Lipinski definition) is 7. The van der Waals surface area contributed by atoms with E-state index in [9.17, 15) is 9.59 Å². The van der Waals surface area contributed by atoms with Crippen LogP contribution < -0.4 is 10.1 Å². The highest BCUT2D eigenvalue weighted by Gasteiger charge is 2.16. The third-order valence-corrected chi connectivity index (χ3v) is 5.39. The van der Waals surface area contributed by atoms with Crippen molar-refractivity contribution in [3.63, 3.8) is 0 Å². The highest BCUT2D eigenvalue weighted by molar-refractivity contribution is 7.16. The predicted octanol–water partition coefficient (Wildman–Crippen LogP) is 4.23. The maximum absolute atomic E-state index is 12.4. The first-order valence-electron chi connectivity index (χ1n) is 7.62. The first-order chi connectivity index (χ1) is 12.5. The molecule has 0 atom stereocenters. The van der Waals surface area contributed by atoms with Crippen molar-refractivity contribution in [3.05, 3.63) is 51.0 Å². The summed E-state index contributed by atoms with van der Waals surface area (Å²) >= 11 is 2.40. The molecular weight excluding hydrogens is 372 g/mol. The van der Waals surface area contributed by atoms with Crippen LogP contribution in [0.4, 0.5) is 5.13 Å².